The number of ether oxygens (including phenoxy) is 5. The SMILES string of the molecule is O=C(O)CCCCCCCCCCCCCCC(=O)NCCCC(=O)NCCOCCOCC(=O)NCCOCCOCC(=O)Oc1c(Cl)cc(Cl)cc1S(=O)(=O)O. The molecule has 0 bridgehead atoms. The first kappa shape index (κ1) is 52.9. The Morgan fingerprint density at radius 3 is 1.53 bits per heavy atom. The molecule has 0 saturated heterocycles. The maximum Gasteiger partial charge on any atom is 0.337 e. The van der Waals surface area contributed by atoms with Crippen molar-refractivity contribution in [2.75, 3.05) is 72.5 Å². The van der Waals surface area contributed by atoms with Crippen molar-refractivity contribution in [1.82, 2.24) is 16.0 Å². The zero-order valence-electron chi connectivity index (χ0n) is 33.2. The van der Waals surface area contributed by atoms with Crippen LogP contribution in [0, 0.1) is 0 Å². The molecular formula is C38H61Cl2N3O14S. The number of hydrogen-bond acceptors (Lipinski definition) is 12. The highest BCUT2D eigenvalue weighted by atomic mass is 35.5. The molecule has 1 rings (SSSR count). The van der Waals surface area contributed by atoms with Crippen LogP contribution in [-0.2, 0) is 53.0 Å². The van der Waals surface area contributed by atoms with Crippen LogP contribution in [0.5, 0.6) is 5.75 Å². The molecule has 332 valence electrons. The number of rotatable bonds is 37. The quantitative estimate of drug-likeness (QED) is 0.0259. The molecule has 0 heterocycles. The normalized spacial score (nSPS) is 11.3. The van der Waals surface area contributed by atoms with Gasteiger partial charge in [0.1, 0.15) is 18.1 Å². The average Bonchev–Trinajstić information content (AvgIpc) is 3.16. The molecule has 1 aromatic carbocycles. The van der Waals surface area contributed by atoms with Crippen LogP contribution in [0.4, 0.5) is 0 Å². The Hall–Kier alpha value is -3.10. The average molecular weight is 887 g/mol. The van der Waals surface area contributed by atoms with Gasteiger partial charge in [0.25, 0.3) is 10.1 Å². The number of hydrogen-bond donors (Lipinski definition) is 5. The minimum absolute atomic E-state index is 0.0111. The number of nitrogens with one attached hydrogen (secondary N) is 3. The lowest BCUT2D eigenvalue weighted by Gasteiger charge is -2.11. The van der Waals surface area contributed by atoms with Gasteiger partial charge in [0.2, 0.25) is 17.7 Å². The van der Waals surface area contributed by atoms with Gasteiger partial charge in [-0.2, -0.15) is 8.42 Å². The van der Waals surface area contributed by atoms with E-state index >= 15 is 0 Å². The number of unbranched alkanes of at least 4 members (excludes halogenated alkanes) is 11. The molecule has 0 unspecified atom stereocenters. The van der Waals surface area contributed by atoms with Crippen LogP contribution in [-0.4, -0.2) is 120 Å². The number of carbonyl (C=O) groups is 5. The Morgan fingerprint density at radius 2 is 1.00 bits per heavy atom. The van der Waals surface area contributed by atoms with Crippen molar-refractivity contribution in [3.05, 3.63) is 22.2 Å². The predicted molar refractivity (Wildman–Crippen MR) is 216 cm³/mol. The molecule has 0 radical (unpaired) electrons. The molecule has 0 aliphatic rings. The third kappa shape index (κ3) is 30.0. The zero-order valence-corrected chi connectivity index (χ0v) is 35.5. The second-order valence-corrected chi connectivity index (χ2v) is 15.5. The number of esters is 1. The molecule has 3 amide bonds. The molecule has 0 spiro atoms. The summed E-state index contributed by atoms with van der Waals surface area (Å²) in [7, 11) is -4.77. The van der Waals surface area contributed by atoms with Crippen LogP contribution >= 0.6 is 23.2 Å². The third-order valence-electron chi connectivity index (χ3n) is 8.25. The summed E-state index contributed by atoms with van der Waals surface area (Å²) in [6.45, 7) is 1.16. The Kier molecular flexibility index (Phi) is 30.7. The Bertz CT molecular complexity index is 1470. The molecule has 17 nitrogen and oxygen atoms in total. The van der Waals surface area contributed by atoms with Gasteiger partial charge >= 0.3 is 11.9 Å². The number of halogens is 2. The van der Waals surface area contributed by atoms with Crippen LogP contribution in [0.3, 0.4) is 0 Å². The summed E-state index contributed by atoms with van der Waals surface area (Å²) in [5.74, 6) is -2.74. The van der Waals surface area contributed by atoms with Crippen LogP contribution in [0.25, 0.3) is 0 Å². The number of amides is 3. The zero-order chi connectivity index (χ0) is 42.9. The van der Waals surface area contributed by atoms with E-state index in [0.717, 1.165) is 50.7 Å². The molecule has 0 atom stereocenters. The van der Waals surface area contributed by atoms with Gasteiger partial charge in [-0.3, -0.25) is 23.7 Å². The Morgan fingerprint density at radius 1 is 0.552 bits per heavy atom. The van der Waals surface area contributed by atoms with E-state index in [2.05, 4.69) is 16.0 Å². The summed E-state index contributed by atoms with van der Waals surface area (Å²) in [4.78, 5) is 57.7. The number of benzene rings is 1. The lowest BCUT2D eigenvalue weighted by atomic mass is 10.0. The van der Waals surface area contributed by atoms with Crippen molar-refractivity contribution in [2.45, 2.75) is 108 Å². The van der Waals surface area contributed by atoms with Crippen LogP contribution in [0.2, 0.25) is 10.0 Å². The van der Waals surface area contributed by atoms with E-state index in [1.165, 1.54) is 38.5 Å². The molecule has 0 saturated carbocycles. The van der Waals surface area contributed by atoms with Gasteiger partial charge in [0.05, 0.1) is 44.7 Å². The second-order valence-electron chi connectivity index (χ2n) is 13.3. The number of carbonyl (C=O) groups excluding carboxylic acids is 4. The summed E-state index contributed by atoms with van der Waals surface area (Å²) < 4.78 is 58.4. The number of carboxylic acids is 1. The van der Waals surface area contributed by atoms with Crippen molar-refractivity contribution < 1.29 is 65.7 Å². The van der Waals surface area contributed by atoms with Crippen LogP contribution in [0.1, 0.15) is 103 Å². The number of carboxylic acid groups (broad SMARTS) is 1. The van der Waals surface area contributed by atoms with Crippen molar-refractivity contribution in [3.8, 4) is 5.75 Å². The molecule has 0 aliphatic heterocycles. The Balaban J connectivity index is 1.87. The van der Waals surface area contributed by atoms with Crippen molar-refractivity contribution in [2.24, 2.45) is 0 Å². The van der Waals surface area contributed by atoms with Crippen molar-refractivity contribution in [3.63, 3.8) is 0 Å². The van der Waals surface area contributed by atoms with Crippen LogP contribution < -0.4 is 20.7 Å². The summed E-state index contributed by atoms with van der Waals surface area (Å²) in [5, 5.41) is 16.5. The second kappa shape index (κ2) is 33.7. The lowest BCUT2D eigenvalue weighted by molar-refractivity contribution is -0.140. The minimum Gasteiger partial charge on any atom is -0.481 e. The van der Waals surface area contributed by atoms with Crippen molar-refractivity contribution in [1.29, 1.82) is 0 Å². The van der Waals surface area contributed by atoms with E-state index in [4.69, 9.17) is 52.0 Å². The summed E-state index contributed by atoms with van der Waals surface area (Å²) >= 11 is 11.6. The fraction of sp³-hybridized carbons (Fsp3) is 0.711. The van der Waals surface area contributed by atoms with Gasteiger partial charge in [-0.05, 0) is 31.4 Å². The molecule has 20 heteroatoms. The molecular weight excluding hydrogens is 825 g/mol. The third-order valence-corrected chi connectivity index (χ3v) is 9.61. The lowest BCUT2D eigenvalue weighted by Crippen LogP contribution is -2.31. The molecule has 0 aromatic heterocycles. The van der Waals surface area contributed by atoms with E-state index in [9.17, 15) is 36.9 Å². The fourth-order valence-electron chi connectivity index (χ4n) is 5.29. The Labute approximate surface area is 351 Å². The van der Waals surface area contributed by atoms with E-state index in [1.54, 1.807) is 0 Å². The van der Waals surface area contributed by atoms with Gasteiger partial charge in [-0.1, -0.05) is 87.4 Å². The largest absolute Gasteiger partial charge is 0.481 e. The fourth-order valence-corrected chi connectivity index (χ4v) is 6.60. The smallest absolute Gasteiger partial charge is 0.337 e. The highest BCUT2D eigenvalue weighted by Gasteiger charge is 2.23. The van der Waals surface area contributed by atoms with Gasteiger partial charge < -0.3 is 44.7 Å². The summed E-state index contributed by atoms with van der Waals surface area (Å²) in [5.41, 5.74) is 0. The minimum atomic E-state index is -4.77. The predicted octanol–water partition coefficient (Wildman–Crippen LogP) is 4.89. The van der Waals surface area contributed by atoms with E-state index in [-0.39, 0.29) is 87.0 Å². The van der Waals surface area contributed by atoms with Gasteiger partial charge in [-0.25, -0.2) is 4.79 Å². The van der Waals surface area contributed by atoms with E-state index in [0.29, 0.717) is 32.4 Å². The topological polar surface area (TPSA) is 242 Å². The summed E-state index contributed by atoms with van der Waals surface area (Å²) in [6, 6.07) is 2.03. The molecule has 0 fully saturated rings. The van der Waals surface area contributed by atoms with Crippen molar-refractivity contribution >= 4 is 63.0 Å². The summed E-state index contributed by atoms with van der Waals surface area (Å²) in [6.07, 6.45) is 14.8. The molecule has 58 heavy (non-hydrogen) atoms. The van der Waals surface area contributed by atoms with Gasteiger partial charge in [-0.15, -0.1) is 0 Å². The van der Waals surface area contributed by atoms with E-state index < -0.39 is 39.3 Å². The maximum atomic E-state index is 12.0. The molecule has 0 aliphatic carbocycles. The number of aliphatic carboxylic acids is 1. The van der Waals surface area contributed by atoms with Gasteiger partial charge in [0, 0.05) is 43.9 Å². The van der Waals surface area contributed by atoms with Crippen LogP contribution in [0.15, 0.2) is 17.0 Å². The standard InChI is InChI=1S/C38H61Cl2N3O14S/c39-30-26-31(40)38(32(27-30)58(50,51)52)57-37(49)29-56-25-23-54-21-19-43-35(46)28-55-24-22-53-20-18-42-34(45)15-13-17-41-33(44)14-11-9-7-5-3-1-2-4-6-8-10-12-16-36(47)48/h26-27H,1-25,28-29H2,(H,41,44)(H,42,45)(H,43,46)(H,47,48)(H,50,51,52). The highest BCUT2D eigenvalue weighted by Crippen LogP contribution is 2.35. The van der Waals surface area contributed by atoms with Gasteiger partial charge in [0.15, 0.2) is 5.75 Å². The highest BCUT2D eigenvalue weighted by molar-refractivity contribution is 7.86. The molecule has 5 N–H and O–H groups in total. The molecule has 1 aromatic rings. The first-order valence-electron chi connectivity index (χ1n) is 19.8. The monoisotopic (exact) mass is 885 g/mol. The first-order valence-corrected chi connectivity index (χ1v) is 22.0. The maximum absolute atomic E-state index is 12.0. The first-order chi connectivity index (χ1) is 27.8. The van der Waals surface area contributed by atoms with E-state index in [1.807, 2.05) is 0 Å².